The largest absolute Gasteiger partial charge is 0.489 e. The molecular formula is C12H13NO5. The molecule has 0 spiro atoms. The molecule has 0 fully saturated rings. The van der Waals surface area contributed by atoms with Gasteiger partial charge in [0, 0.05) is 6.42 Å². The molecule has 0 saturated carbocycles. The van der Waals surface area contributed by atoms with Crippen LogP contribution in [0.25, 0.3) is 0 Å². The second-order valence-electron chi connectivity index (χ2n) is 4.10. The number of ether oxygens (including phenoxy) is 1. The van der Waals surface area contributed by atoms with E-state index in [9.17, 15) is 9.59 Å². The molecule has 0 radical (unpaired) electrons. The maximum absolute atomic E-state index is 10.8. The minimum atomic E-state index is -1.01. The number of benzene rings is 1. The van der Waals surface area contributed by atoms with E-state index in [0.29, 0.717) is 24.5 Å². The number of hydrogen-bond donors (Lipinski definition) is 3. The highest BCUT2D eigenvalue weighted by Gasteiger charge is 2.20. The van der Waals surface area contributed by atoms with Gasteiger partial charge in [-0.2, -0.15) is 0 Å². The molecule has 1 heterocycles. The SMILES string of the molecule is O=C(O)CCC1COc2ccc(C(=O)O)cc2N1. The van der Waals surface area contributed by atoms with Crippen LogP contribution in [0.1, 0.15) is 23.2 Å². The Morgan fingerprint density at radius 1 is 1.39 bits per heavy atom. The number of hydrogen-bond acceptors (Lipinski definition) is 4. The van der Waals surface area contributed by atoms with Crippen LogP contribution < -0.4 is 10.1 Å². The lowest BCUT2D eigenvalue weighted by Gasteiger charge is -2.27. The predicted molar refractivity (Wildman–Crippen MR) is 63.2 cm³/mol. The van der Waals surface area contributed by atoms with Gasteiger partial charge in [-0.15, -0.1) is 0 Å². The number of aromatic carboxylic acids is 1. The average Bonchev–Trinajstić information content (AvgIpc) is 2.35. The molecule has 6 heteroatoms. The summed E-state index contributed by atoms with van der Waals surface area (Å²) >= 11 is 0. The first-order chi connectivity index (χ1) is 8.56. The molecular weight excluding hydrogens is 238 g/mol. The second-order valence-corrected chi connectivity index (χ2v) is 4.10. The molecule has 6 nitrogen and oxygen atoms in total. The molecule has 3 N–H and O–H groups in total. The van der Waals surface area contributed by atoms with E-state index >= 15 is 0 Å². The summed E-state index contributed by atoms with van der Waals surface area (Å²) in [5.41, 5.74) is 0.764. The van der Waals surface area contributed by atoms with Crippen molar-refractivity contribution in [2.75, 3.05) is 11.9 Å². The molecule has 1 aromatic rings. The molecule has 1 aliphatic heterocycles. The van der Waals surface area contributed by atoms with Gasteiger partial charge in [0.2, 0.25) is 0 Å². The number of aliphatic carboxylic acids is 1. The fourth-order valence-electron chi connectivity index (χ4n) is 1.81. The van der Waals surface area contributed by atoms with Gasteiger partial charge in [-0.1, -0.05) is 0 Å². The minimum Gasteiger partial charge on any atom is -0.489 e. The van der Waals surface area contributed by atoms with Gasteiger partial charge < -0.3 is 20.3 Å². The van der Waals surface area contributed by atoms with Crippen LogP contribution in [0.4, 0.5) is 5.69 Å². The molecule has 1 atom stereocenters. The lowest BCUT2D eigenvalue weighted by molar-refractivity contribution is -0.137. The molecule has 0 bridgehead atoms. The molecule has 1 aromatic carbocycles. The van der Waals surface area contributed by atoms with Crippen molar-refractivity contribution in [1.82, 2.24) is 0 Å². The minimum absolute atomic E-state index is 0.0506. The molecule has 1 unspecified atom stereocenters. The van der Waals surface area contributed by atoms with Crippen LogP contribution in [0, 0.1) is 0 Å². The average molecular weight is 251 g/mol. The van der Waals surface area contributed by atoms with Gasteiger partial charge in [0.1, 0.15) is 12.4 Å². The van der Waals surface area contributed by atoms with Crippen molar-refractivity contribution in [3.63, 3.8) is 0 Å². The monoisotopic (exact) mass is 251 g/mol. The Bertz CT molecular complexity index is 485. The third-order valence-corrected chi connectivity index (χ3v) is 2.73. The lowest BCUT2D eigenvalue weighted by atomic mass is 10.1. The topological polar surface area (TPSA) is 95.9 Å². The van der Waals surface area contributed by atoms with Crippen LogP contribution in [0.3, 0.4) is 0 Å². The van der Waals surface area contributed by atoms with Gasteiger partial charge in [0.15, 0.2) is 0 Å². The number of nitrogens with one attached hydrogen (secondary N) is 1. The Hall–Kier alpha value is -2.24. The van der Waals surface area contributed by atoms with Crippen molar-refractivity contribution >= 4 is 17.6 Å². The van der Waals surface area contributed by atoms with Crippen molar-refractivity contribution in [1.29, 1.82) is 0 Å². The van der Waals surface area contributed by atoms with Gasteiger partial charge in [0.25, 0.3) is 0 Å². The van der Waals surface area contributed by atoms with Crippen LogP contribution in [-0.2, 0) is 4.79 Å². The standard InChI is InChI=1S/C12H13NO5/c14-11(15)4-2-8-6-18-10-3-1-7(12(16)17)5-9(10)13-8/h1,3,5,8,13H,2,4,6H2,(H,14,15)(H,16,17). The van der Waals surface area contributed by atoms with E-state index in [1.807, 2.05) is 0 Å². The first-order valence-electron chi connectivity index (χ1n) is 5.55. The number of carboxylic acids is 2. The maximum atomic E-state index is 10.8. The van der Waals surface area contributed by atoms with Gasteiger partial charge in [-0.25, -0.2) is 4.79 Å². The first-order valence-corrected chi connectivity index (χ1v) is 5.55. The highest BCUT2D eigenvalue weighted by atomic mass is 16.5. The van der Waals surface area contributed by atoms with Crippen LogP contribution >= 0.6 is 0 Å². The molecule has 2 rings (SSSR count). The van der Waals surface area contributed by atoms with E-state index in [2.05, 4.69) is 5.32 Å². The van der Waals surface area contributed by atoms with Crippen LogP contribution in [-0.4, -0.2) is 34.8 Å². The summed E-state index contributed by atoms with van der Waals surface area (Å²) in [7, 11) is 0. The van der Waals surface area contributed by atoms with Crippen molar-refractivity contribution < 1.29 is 24.5 Å². The first kappa shape index (κ1) is 12.2. The zero-order valence-corrected chi connectivity index (χ0v) is 9.55. The fraction of sp³-hybridized carbons (Fsp3) is 0.333. The number of carbonyl (C=O) groups is 2. The van der Waals surface area contributed by atoms with Crippen LogP contribution in [0.15, 0.2) is 18.2 Å². The molecule has 0 amide bonds. The smallest absolute Gasteiger partial charge is 0.335 e. The number of fused-ring (bicyclic) bond motifs is 1. The van der Waals surface area contributed by atoms with Crippen molar-refractivity contribution in [2.24, 2.45) is 0 Å². The predicted octanol–water partition coefficient (Wildman–Crippen LogP) is 1.42. The third-order valence-electron chi connectivity index (χ3n) is 2.73. The summed E-state index contributed by atoms with van der Waals surface area (Å²) in [5.74, 6) is -1.28. The normalized spacial score (nSPS) is 17.2. The summed E-state index contributed by atoms with van der Waals surface area (Å²) in [4.78, 5) is 21.3. The maximum Gasteiger partial charge on any atom is 0.335 e. The zero-order chi connectivity index (χ0) is 13.1. The Morgan fingerprint density at radius 2 is 2.17 bits per heavy atom. The summed E-state index contributed by atoms with van der Waals surface area (Å²) < 4.78 is 5.45. The molecule has 0 saturated heterocycles. The van der Waals surface area contributed by atoms with Crippen LogP contribution in [0.5, 0.6) is 5.75 Å². The quantitative estimate of drug-likeness (QED) is 0.749. The molecule has 0 aliphatic carbocycles. The number of anilines is 1. The van der Waals surface area contributed by atoms with E-state index < -0.39 is 11.9 Å². The molecule has 0 aromatic heterocycles. The molecule has 18 heavy (non-hydrogen) atoms. The summed E-state index contributed by atoms with van der Waals surface area (Å²) in [6.45, 7) is 0.382. The van der Waals surface area contributed by atoms with Gasteiger partial charge in [-0.05, 0) is 24.6 Å². The van der Waals surface area contributed by atoms with E-state index in [-0.39, 0.29) is 18.0 Å². The van der Waals surface area contributed by atoms with E-state index in [1.54, 1.807) is 6.07 Å². The highest BCUT2D eigenvalue weighted by molar-refractivity contribution is 5.89. The van der Waals surface area contributed by atoms with Crippen LogP contribution in [0.2, 0.25) is 0 Å². The number of rotatable bonds is 4. The fourth-order valence-corrected chi connectivity index (χ4v) is 1.81. The molecule has 96 valence electrons. The Labute approximate surface area is 103 Å². The van der Waals surface area contributed by atoms with Crippen molar-refractivity contribution in [3.8, 4) is 5.75 Å². The highest BCUT2D eigenvalue weighted by Crippen LogP contribution is 2.30. The van der Waals surface area contributed by atoms with Gasteiger partial charge in [-0.3, -0.25) is 4.79 Å². The lowest BCUT2D eigenvalue weighted by Crippen LogP contribution is -2.32. The van der Waals surface area contributed by atoms with Crippen molar-refractivity contribution in [3.05, 3.63) is 23.8 Å². The van der Waals surface area contributed by atoms with Gasteiger partial charge in [0.05, 0.1) is 17.3 Å². The Kier molecular flexibility index (Phi) is 3.36. The van der Waals surface area contributed by atoms with Gasteiger partial charge >= 0.3 is 11.9 Å². The molecule has 1 aliphatic rings. The summed E-state index contributed by atoms with van der Waals surface area (Å²) in [5, 5.41) is 20.6. The Balaban J connectivity index is 2.09. The summed E-state index contributed by atoms with van der Waals surface area (Å²) in [6.07, 6.45) is 0.487. The number of carboxylic acid groups (broad SMARTS) is 2. The van der Waals surface area contributed by atoms with E-state index in [1.165, 1.54) is 12.1 Å². The van der Waals surface area contributed by atoms with E-state index in [0.717, 1.165) is 0 Å². The zero-order valence-electron chi connectivity index (χ0n) is 9.55. The summed E-state index contributed by atoms with van der Waals surface area (Å²) in [6, 6.07) is 4.45. The third kappa shape index (κ3) is 2.71. The van der Waals surface area contributed by atoms with E-state index in [4.69, 9.17) is 14.9 Å². The van der Waals surface area contributed by atoms with Crippen molar-refractivity contribution in [2.45, 2.75) is 18.9 Å². The second kappa shape index (κ2) is 4.95. The Morgan fingerprint density at radius 3 is 2.83 bits per heavy atom.